The molecule has 0 unspecified atom stereocenters. The van der Waals surface area contributed by atoms with Crippen LogP contribution in [-0.2, 0) is 10.2 Å². The van der Waals surface area contributed by atoms with Gasteiger partial charge < -0.3 is 14.5 Å². The van der Waals surface area contributed by atoms with E-state index in [4.69, 9.17) is 4.74 Å². The minimum absolute atomic E-state index is 0.00685. The Kier molecular flexibility index (Phi) is 4.65. The van der Waals surface area contributed by atoms with E-state index in [1.165, 1.54) is 11.6 Å². The predicted molar refractivity (Wildman–Crippen MR) is 118 cm³/mol. The number of hydrogen-bond donors (Lipinski definition) is 0. The van der Waals surface area contributed by atoms with Gasteiger partial charge in [-0.15, -0.1) is 0 Å². The Bertz CT molecular complexity index is 1240. The van der Waals surface area contributed by atoms with Crippen molar-refractivity contribution in [2.75, 3.05) is 37.7 Å². The molecule has 3 aliphatic rings. The number of hydrogen-bond acceptors (Lipinski definition) is 5. The second-order valence-corrected chi connectivity index (χ2v) is 8.90. The van der Waals surface area contributed by atoms with E-state index in [9.17, 15) is 13.6 Å². The highest BCUT2D eigenvalue weighted by molar-refractivity contribution is 5.96. The molecule has 3 heterocycles. The van der Waals surface area contributed by atoms with Crippen LogP contribution in [0.2, 0.25) is 0 Å². The lowest BCUT2D eigenvalue weighted by Gasteiger charge is -2.27. The average molecular weight is 448 g/mol. The summed E-state index contributed by atoms with van der Waals surface area (Å²) in [4.78, 5) is 26.0. The zero-order valence-electron chi connectivity index (χ0n) is 17.9. The molecule has 1 aromatic heterocycles. The SMILES string of the molecule is O=C(c1ccc2c(c1)N(c1ncc(-c3ccc(F)c(F)c3)cn1)CC21CC1)N1CCOCC1. The van der Waals surface area contributed by atoms with Crippen molar-refractivity contribution in [1.29, 1.82) is 0 Å². The van der Waals surface area contributed by atoms with Crippen LogP contribution in [0, 0.1) is 11.6 Å². The molecule has 1 aliphatic carbocycles. The van der Waals surface area contributed by atoms with Gasteiger partial charge in [-0.05, 0) is 48.2 Å². The summed E-state index contributed by atoms with van der Waals surface area (Å²) in [6, 6.07) is 9.69. The molecule has 33 heavy (non-hydrogen) atoms. The van der Waals surface area contributed by atoms with E-state index in [2.05, 4.69) is 20.9 Å². The van der Waals surface area contributed by atoms with E-state index in [0.717, 1.165) is 37.2 Å². The summed E-state index contributed by atoms with van der Waals surface area (Å²) in [5.41, 5.74) is 4.06. The van der Waals surface area contributed by atoms with E-state index >= 15 is 0 Å². The highest BCUT2D eigenvalue weighted by Crippen LogP contribution is 2.57. The molecular formula is C25H22F2N4O2. The van der Waals surface area contributed by atoms with Gasteiger partial charge in [-0.3, -0.25) is 4.79 Å². The van der Waals surface area contributed by atoms with E-state index in [1.807, 2.05) is 17.0 Å². The maximum atomic E-state index is 13.6. The summed E-state index contributed by atoms with van der Waals surface area (Å²) in [5, 5.41) is 0. The van der Waals surface area contributed by atoms with Gasteiger partial charge >= 0.3 is 0 Å². The van der Waals surface area contributed by atoms with E-state index in [1.54, 1.807) is 12.4 Å². The van der Waals surface area contributed by atoms with Crippen molar-refractivity contribution in [3.63, 3.8) is 0 Å². The first kappa shape index (κ1) is 20.2. The number of rotatable bonds is 3. The molecule has 0 N–H and O–H groups in total. The van der Waals surface area contributed by atoms with Crippen molar-refractivity contribution < 1.29 is 18.3 Å². The van der Waals surface area contributed by atoms with Crippen LogP contribution >= 0.6 is 0 Å². The van der Waals surface area contributed by atoms with Gasteiger partial charge in [0.15, 0.2) is 11.6 Å². The van der Waals surface area contributed by atoms with Gasteiger partial charge in [0.25, 0.3) is 5.91 Å². The van der Waals surface area contributed by atoms with Crippen LogP contribution in [0.4, 0.5) is 20.4 Å². The topological polar surface area (TPSA) is 58.6 Å². The number of carbonyl (C=O) groups is 1. The van der Waals surface area contributed by atoms with Crippen LogP contribution in [0.1, 0.15) is 28.8 Å². The van der Waals surface area contributed by atoms with E-state index < -0.39 is 11.6 Å². The summed E-state index contributed by atoms with van der Waals surface area (Å²) in [5.74, 6) is -1.25. The standard InChI is InChI=1S/C25H22F2N4O2/c26-20-4-2-16(11-21(20)27)18-13-28-24(29-14-18)31-15-25(5-6-25)19-3-1-17(12-22(19)31)23(32)30-7-9-33-10-8-30/h1-4,11-14H,5-10,15H2. The maximum absolute atomic E-state index is 13.6. The molecule has 6 rings (SSSR count). The summed E-state index contributed by atoms with van der Waals surface area (Å²) < 4.78 is 32.3. The normalized spacial score (nSPS) is 18.5. The second-order valence-electron chi connectivity index (χ2n) is 8.90. The van der Waals surface area contributed by atoms with Gasteiger partial charge in [0.05, 0.1) is 13.2 Å². The third-order valence-electron chi connectivity index (χ3n) is 6.85. The molecule has 1 amide bonds. The van der Waals surface area contributed by atoms with Crippen molar-refractivity contribution in [1.82, 2.24) is 14.9 Å². The molecule has 1 saturated heterocycles. The van der Waals surface area contributed by atoms with Gasteiger partial charge in [0.2, 0.25) is 5.95 Å². The smallest absolute Gasteiger partial charge is 0.254 e. The van der Waals surface area contributed by atoms with Crippen molar-refractivity contribution in [3.05, 3.63) is 71.6 Å². The second kappa shape index (κ2) is 7.59. The first-order chi connectivity index (χ1) is 16.0. The molecule has 1 spiro atoms. The lowest BCUT2D eigenvalue weighted by molar-refractivity contribution is 0.0303. The maximum Gasteiger partial charge on any atom is 0.254 e. The van der Waals surface area contributed by atoms with Crippen LogP contribution in [0.5, 0.6) is 0 Å². The highest BCUT2D eigenvalue weighted by Gasteiger charge is 2.52. The molecule has 3 aromatic rings. The fourth-order valence-corrected chi connectivity index (χ4v) is 4.80. The third kappa shape index (κ3) is 3.45. The Morgan fingerprint density at radius 3 is 2.39 bits per heavy atom. The first-order valence-corrected chi connectivity index (χ1v) is 11.1. The molecule has 6 nitrogen and oxygen atoms in total. The minimum Gasteiger partial charge on any atom is -0.378 e. The predicted octanol–water partition coefficient (Wildman–Crippen LogP) is 4.08. The molecule has 168 valence electrons. The van der Waals surface area contributed by atoms with Gasteiger partial charge in [-0.25, -0.2) is 18.7 Å². The summed E-state index contributed by atoms with van der Waals surface area (Å²) in [6.07, 6.45) is 5.44. The Labute approximate surface area is 189 Å². The zero-order valence-corrected chi connectivity index (χ0v) is 17.9. The summed E-state index contributed by atoms with van der Waals surface area (Å²) in [7, 11) is 0. The van der Waals surface area contributed by atoms with Crippen molar-refractivity contribution in [3.8, 4) is 11.1 Å². The van der Waals surface area contributed by atoms with Crippen LogP contribution in [0.25, 0.3) is 11.1 Å². The summed E-state index contributed by atoms with van der Waals surface area (Å²) in [6.45, 7) is 3.08. The Hall–Kier alpha value is -3.39. The van der Waals surface area contributed by atoms with E-state index in [0.29, 0.717) is 48.9 Å². The van der Waals surface area contributed by atoms with Crippen LogP contribution < -0.4 is 4.90 Å². The van der Waals surface area contributed by atoms with Gasteiger partial charge in [-0.1, -0.05) is 12.1 Å². The number of aromatic nitrogens is 2. The Morgan fingerprint density at radius 2 is 1.70 bits per heavy atom. The largest absolute Gasteiger partial charge is 0.378 e. The van der Waals surface area contributed by atoms with Gasteiger partial charge in [-0.2, -0.15) is 0 Å². The molecule has 2 aliphatic heterocycles. The summed E-state index contributed by atoms with van der Waals surface area (Å²) >= 11 is 0. The number of carbonyl (C=O) groups excluding carboxylic acids is 1. The molecule has 2 fully saturated rings. The number of benzene rings is 2. The lowest BCUT2D eigenvalue weighted by Crippen LogP contribution is -2.40. The molecule has 0 radical (unpaired) electrons. The number of morpholine rings is 1. The number of nitrogens with zero attached hydrogens (tertiary/aromatic N) is 4. The Morgan fingerprint density at radius 1 is 0.939 bits per heavy atom. The minimum atomic E-state index is -0.904. The zero-order chi connectivity index (χ0) is 22.6. The van der Waals surface area contributed by atoms with Crippen LogP contribution in [-0.4, -0.2) is 53.6 Å². The van der Waals surface area contributed by atoms with Crippen LogP contribution in [0.15, 0.2) is 48.8 Å². The van der Waals surface area contributed by atoms with Crippen molar-refractivity contribution >= 4 is 17.5 Å². The Balaban J connectivity index is 1.32. The van der Waals surface area contributed by atoms with Gasteiger partial charge in [0.1, 0.15) is 0 Å². The quantitative estimate of drug-likeness (QED) is 0.605. The first-order valence-electron chi connectivity index (χ1n) is 11.1. The molecule has 1 saturated carbocycles. The molecule has 2 aromatic carbocycles. The van der Waals surface area contributed by atoms with Gasteiger partial charge in [0, 0.05) is 54.3 Å². The number of amides is 1. The fraction of sp³-hybridized carbons (Fsp3) is 0.320. The molecule has 0 bridgehead atoms. The highest BCUT2D eigenvalue weighted by atomic mass is 19.2. The monoisotopic (exact) mass is 448 g/mol. The fourth-order valence-electron chi connectivity index (χ4n) is 4.80. The number of anilines is 2. The number of ether oxygens (including phenoxy) is 1. The average Bonchev–Trinajstić information content (AvgIpc) is 3.57. The molecule has 8 heteroatoms. The molecular weight excluding hydrogens is 426 g/mol. The number of halogens is 2. The number of fused-ring (bicyclic) bond motifs is 2. The molecule has 0 atom stereocenters. The van der Waals surface area contributed by atoms with E-state index in [-0.39, 0.29) is 11.3 Å². The van der Waals surface area contributed by atoms with Crippen LogP contribution in [0.3, 0.4) is 0 Å². The van der Waals surface area contributed by atoms with Crippen molar-refractivity contribution in [2.45, 2.75) is 18.3 Å². The lowest BCUT2D eigenvalue weighted by atomic mass is 9.97. The van der Waals surface area contributed by atoms with Crippen molar-refractivity contribution in [2.24, 2.45) is 0 Å². The third-order valence-corrected chi connectivity index (χ3v) is 6.85.